The number of rotatable bonds is 14. The van der Waals surface area contributed by atoms with Crippen molar-refractivity contribution in [2.24, 2.45) is 35.2 Å². The first-order valence-corrected chi connectivity index (χ1v) is 43.3. The Morgan fingerprint density at radius 3 is 1.11 bits per heavy atom. The first-order chi connectivity index (χ1) is 60.2. The number of fused-ring (bicyclic) bond motifs is 5. The minimum atomic E-state index is -0.843. The highest BCUT2D eigenvalue weighted by Gasteiger charge is 2.24. The van der Waals surface area contributed by atoms with E-state index in [0.29, 0.717) is 51.9 Å². The molecule has 7 aromatic heterocycles. The molecule has 0 atom stereocenters. The van der Waals surface area contributed by atoms with Crippen molar-refractivity contribution in [3.8, 4) is 45.6 Å². The molecule has 17 aromatic rings. The number of aryl methyl sites for hydroxylation is 13. The smallest absolute Gasteiger partial charge is 0.348 e. The van der Waals surface area contributed by atoms with Gasteiger partial charge in [-0.3, -0.25) is 4.79 Å². The minimum absolute atomic E-state index is 0.0152. The Bertz CT molecular complexity index is 6780. The summed E-state index contributed by atoms with van der Waals surface area (Å²) in [6.45, 7) is 37.6. The summed E-state index contributed by atoms with van der Waals surface area (Å²) >= 11 is 5.69. The molecule has 21 nitrogen and oxygen atoms in total. The number of carbonyl (C=O) groups excluding carboxylic acids is 1. The summed E-state index contributed by atoms with van der Waals surface area (Å²) in [5, 5.41) is 55.1. The fraction of sp³-hybridized carbons (Fsp3) is 0.267. The van der Waals surface area contributed by atoms with Crippen molar-refractivity contribution in [3.63, 3.8) is 0 Å². The van der Waals surface area contributed by atoms with E-state index in [1.165, 1.54) is 76.9 Å². The zero-order valence-corrected chi connectivity index (χ0v) is 77.9. The van der Waals surface area contributed by atoms with E-state index in [9.17, 15) is 29.4 Å². The van der Waals surface area contributed by atoms with E-state index < -0.39 is 11.7 Å². The number of H-pyrrole nitrogens is 2. The number of nitrogen functional groups attached to an aromatic ring is 1. The number of aromatic hydroxyl groups is 2. The highest BCUT2D eigenvalue weighted by molar-refractivity contribution is 7.81. The van der Waals surface area contributed by atoms with Crippen LogP contribution in [0.4, 0.5) is 17.1 Å². The molecule has 0 spiro atoms. The molecule has 22 heteroatoms. The van der Waals surface area contributed by atoms with Gasteiger partial charge in [0.1, 0.15) is 16.5 Å². The molecule has 17 rings (SSSR count). The van der Waals surface area contributed by atoms with E-state index in [0.717, 1.165) is 99.4 Å². The van der Waals surface area contributed by atoms with Crippen LogP contribution in [0.3, 0.4) is 0 Å². The summed E-state index contributed by atoms with van der Waals surface area (Å²) in [5.74, 6) is 1.63. The van der Waals surface area contributed by atoms with Crippen LogP contribution in [0.5, 0.6) is 11.5 Å². The number of nitrogens with zero attached hydrogens (tertiary/aromatic N) is 9. The van der Waals surface area contributed by atoms with Crippen molar-refractivity contribution in [2.45, 2.75) is 154 Å². The zero-order valence-electron chi connectivity index (χ0n) is 77.1. The number of benzene rings is 10. The van der Waals surface area contributed by atoms with E-state index in [-0.39, 0.29) is 34.8 Å². The summed E-state index contributed by atoms with van der Waals surface area (Å²) in [6, 6.07) is 59.9. The van der Waals surface area contributed by atoms with Gasteiger partial charge in [0.15, 0.2) is 11.6 Å². The molecule has 9 N–H and O–H groups in total. The Kier molecular flexibility index (Phi) is 28.0. The molecule has 0 radical (unpaired) electrons. The molecule has 0 bridgehead atoms. The summed E-state index contributed by atoms with van der Waals surface area (Å²) < 4.78 is 13.4. The number of amides is 1. The second kappa shape index (κ2) is 38.6. The number of phenols is 2. The normalized spacial score (nSPS) is 11.3. The average molecular weight is 1720 g/mol. The molecule has 0 fully saturated rings. The molecule has 0 aliphatic rings. The van der Waals surface area contributed by atoms with Gasteiger partial charge in [0.05, 0.1) is 22.5 Å². The Hall–Kier alpha value is -14.0. The molecular weight excluding hydrogens is 1600 g/mol. The van der Waals surface area contributed by atoms with Crippen molar-refractivity contribution >= 4 is 101 Å². The molecule has 10 aromatic carbocycles. The first kappa shape index (κ1) is 92.2. The lowest BCUT2D eigenvalue weighted by molar-refractivity contribution is 0.0695. The monoisotopic (exact) mass is 1720 g/mol. The third kappa shape index (κ3) is 20.4. The van der Waals surface area contributed by atoms with E-state index in [1.807, 2.05) is 183 Å². The number of carboxylic acids is 1. The molecule has 0 aliphatic carbocycles. The number of hydrogen-bond acceptors (Lipinski definition) is 10. The van der Waals surface area contributed by atoms with Crippen LogP contribution in [0.2, 0.25) is 0 Å². The lowest BCUT2D eigenvalue weighted by Gasteiger charge is -2.16. The zero-order chi connectivity index (χ0) is 92.2. The van der Waals surface area contributed by atoms with Gasteiger partial charge in [-0.2, -0.15) is 10.2 Å². The Labute approximate surface area is 747 Å². The number of hydrogen-bond donors (Lipinski definition) is 8. The molecule has 0 saturated heterocycles. The van der Waals surface area contributed by atoms with Crippen LogP contribution >= 0.6 is 12.2 Å². The number of thiocarbonyl (C=S) groups is 1. The number of carboxylic acid groups (broad SMARTS) is 1. The standard InChI is InChI=1S/C22H24N4O.C21H24N2O.C21H24N2S.C20H20N4O3.C12H16O2.C9H10N2/c1-13(2)18-12-19(15(4)10-14(18)3)21-23-24-22(27)26(21)17-6-7-20-16(11-17)8-9-25(20)5;2*1-13(2)18-12-19(15(4)10-14(18)3)21(24)22-17-6-7-20-16(11-17)8-9-23(20)5;1-11(2)14-9-15(18(26)10-17(14)25)19-21-22-20(27)24(19)13-4-5-16-12(8-13)6-7-23(16)3;1-7(2)10-6-11(12(13)14)9(4)5-8(10)3;1-11-5-4-7-6-8(10)2-3-9(7)11/h6-13H,1-5H3,(H,24,27);2*6-13H,1-5H3,(H,22,24);4-11,25-26H,1-3H3,(H,22,27);5-7H,1-4H3,(H,13,14);2-6H,10H2,1H3. The van der Waals surface area contributed by atoms with Crippen molar-refractivity contribution < 1.29 is 24.9 Å². The van der Waals surface area contributed by atoms with Crippen molar-refractivity contribution in [2.75, 3.05) is 16.4 Å². The Morgan fingerprint density at radius 2 is 0.693 bits per heavy atom. The van der Waals surface area contributed by atoms with Crippen LogP contribution in [0.1, 0.15) is 197 Å². The maximum Gasteiger partial charge on any atom is 0.348 e. The highest BCUT2D eigenvalue weighted by Crippen LogP contribution is 2.39. The van der Waals surface area contributed by atoms with E-state index in [1.54, 1.807) is 16.7 Å². The average Bonchev–Trinajstić information content (AvgIpc) is 1.61. The first-order valence-electron chi connectivity index (χ1n) is 42.9. The largest absolute Gasteiger partial charge is 0.508 e. The highest BCUT2D eigenvalue weighted by atomic mass is 32.1. The summed E-state index contributed by atoms with van der Waals surface area (Å²) in [5.41, 5.74) is 33.4. The predicted molar refractivity (Wildman–Crippen MR) is 527 cm³/mol. The summed E-state index contributed by atoms with van der Waals surface area (Å²) in [6.07, 6.45) is 10.1. The van der Waals surface area contributed by atoms with E-state index in [4.69, 9.17) is 23.1 Å². The van der Waals surface area contributed by atoms with E-state index in [2.05, 4.69) is 225 Å². The second-order valence-electron chi connectivity index (χ2n) is 34.9. The SMILES string of the molecule is CC(C)c1cc(-c2n[nH]c(=O)n2-c2ccc3c(ccn3C)c2)c(O)cc1O.Cc1cc(C)c(C(C)C)cc1-c1n[nH]c(=O)n1-c1ccc2c(ccn2C)c1.Cc1cc(C)c(C(C)C)cc1C(=O)Nc1ccc2c(ccn2C)c1.Cc1cc(C)c(C(C)C)cc1C(=O)O.Cc1cc(C)c(C(C)C)cc1C(=S)Nc1ccc2c(ccn2C)c1.Cn1ccc2cc(N)ccc21. The second-order valence-corrected chi connectivity index (χ2v) is 35.3. The fourth-order valence-corrected chi connectivity index (χ4v) is 17.2. The maximum atomic E-state index is 12.7. The summed E-state index contributed by atoms with van der Waals surface area (Å²) in [4.78, 5) is 49.5. The van der Waals surface area contributed by atoms with Crippen molar-refractivity contribution in [1.82, 2.24) is 52.4 Å². The molecule has 656 valence electrons. The van der Waals surface area contributed by atoms with Gasteiger partial charge in [-0.25, -0.2) is 33.7 Å². The molecule has 0 unspecified atom stereocenters. The van der Waals surface area contributed by atoms with Crippen LogP contribution in [-0.2, 0) is 35.2 Å². The van der Waals surface area contributed by atoms with Gasteiger partial charge in [-0.1, -0.05) is 106 Å². The number of carbonyl (C=O) groups is 2. The number of nitrogens with two attached hydrogens (primary N) is 1. The molecular formula is C105H118N14O7S. The molecule has 0 aliphatic heterocycles. The van der Waals surface area contributed by atoms with Crippen LogP contribution in [0.15, 0.2) is 223 Å². The molecule has 127 heavy (non-hydrogen) atoms. The van der Waals surface area contributed by atoms with Crippen LogP contribution < -0.4 is 27.7 Å². The number of nitrogens with one attached hydrogen (secondary N) is 4. The Morgan fingerprint density at radius 1 is 0.362 bits per heavy atom. The van der Waals surface area contributed by atoms with Crippen molar-refractivity contribution in [3.05, 3.63) is 323 Å². The van der Waals surface area contributed by atoms with Gasteiger partial charge in [-0.15, -0.1) is 0 Å². The van der Waals surface area contributed by atoms with Gasteiger partial charge in [0.25, 0.3) is 5.91 Å². The lowest BCUT2D eigenvalue weighted by atomic mass is 9.92. The van der Waals surface area contributed by atoms with Gasteiger partial charge in [0, 0.05) is 161 Å². The number of aromatic carboxylic acids is 1. The number of phenolic OH excluding ortho intramolecular Hbond substituents is 2. The van der Waals surface area contributed by atoms with Gasteiger partial charge in [-0.05, 0) is 309 Å². The molecule has 7 heterocycles. The third-order valence-electron chi connectivity index (χ3n) is 23.7. The van der Waals surface area contributed by atoms with Gasteiger partial charge in [0.2, 0.25) is 0 Å². The number of anilines is 3. The fourth-order valence-electron chi connectivity index (χ4n) is 16.8. The van der Waals surface area contributed by atoms with E-state index >= 15 is 0 Å². The summed E-state index contributed by atoms with van der Waals surface area (Å²) in [7, 11) is 10.1. The minimum Gasteiger partial charge on any atom is -0.508 e. The lowest BCUT2D eigenvalue weighted by Crippen LogP contribution is -2.16. The maximum absolute atomic E-state index is 12.7. The van der Waals surface area contributed by atoms with Crippen LogP contribution in [0, 0.1) is 55.4 Å². The third-order valence-corrected chi connectivity index (χ3v) is 24.0. The number of aromatic nitrogens is 11. The van der Waals surface area contributed by atoms with Gasteiger partial charge < -0.3 is 54.5 Å². The Balaban J connectivity index is 0.000000141. The van der Waals surface area contributed by atoms with Gasteiger partial charge >= 0.3 is 17.3 Å². The quantitative estimate of drug-likeness (QED) is 0.0373. The molecule has 0 saturated carbocycles. The topological polar surface area (TPSA) is 271 Å². The molecule has 1 amide bonds. The van der Waals surface area contributed by atoms with Crippen LogP contribution in [-0.4, -0.2) is 84.5 Å². The number of aromatic amines is 2. The predicted octanol–water partition coefficient (Wildman–Crippen LogP) is 23.5. The van der Waals surface area contributed by atoms with Crippen LogP contribution in [0.25, 0.3) is 88.7 Å². The van der Waals surface area contributed by atoms with Crippen molar-refractivity contribution in [1.29, 1.82) is 0 Å².